The average Bonchev–Trinajstić information content (AvgIpc) is 3.36. The minimum Gasteiger partial charge on any atom is -0.792 e. The van der Waals surface area contributed by atoms with Gasteiger partial charge in [-0.3, -0.25) is 4.79 Å². The summed E-state index contributed by atoms with van der Waals surface area (Å²) in [6.07, 6.45) is 4.51. The number of hydrogen-bond acceptors (Lipinski definition) is 6. The van der Waals surface area contributed by atoms with Gasteiger partial charge in [-0.05, 0) is 48.7 Å². The van der Waals surface area contributed by atoms with Crippen LogP contribution in [0.15, 0.2) is 0 Å². The van der Waals surface area contributed by atoms with Crippen molar-refractivity contribution >= 4 is 74.4 Å². The van der Waals surface area contributed by atoms with Crippen LogP contribution in [0.1, 0.15) is 66.7 Å². The molecule has 30 heavy (non-hydrogen) atoms. The molecule has 0 spiro atoms. The summed E-state index contributed by atoms with van der Waals surface area (Å²) in [5.74, 6) is -0.362. The zero-order chi connectivity index (χ0) is 21.0. The molecule has 2 aliphatic rings. The van der Waals surface area contributed by atoms with Gasteiger partial charge in [0.15, 0.2) is 0 Å². The number of carboxylic acids is 2. The molecule has 0 unspecified atom stereocenters. The topological polar surface area (TPSA) is 100 Å². The van der Waals surface area contributed by atoms with Gasteiger partial charge in [0.25, 0.3) is 0 Å². The number of thiol groups is 1. The normalized spacial score (nSPS) is 15.6. The van der Waals surface area contributed by atoms with Crippen molar-refractivity contribution in [1.82, 2.24) is 0 Å². The van der Waals surface area contributed by atoms with Gasteiger partial charge in [0, 0.05) is 5.97 Å². The Morgan fingerprint density at radius 1 is 1.07 bits per heavy atom. The van der Waals surface area contributed by atoms with Crippen LogP contribution in [0, 0.1) is 10.8 Å². The molecule has 13 heteroatoms. The van der Waals surface area contributed by atoms with E-state index in [-0.39, 0.29) is 113 Å². The molecule has 2 rings (SSSR count). The molecular formula is C17H31I3Na3O5S2-. The van der Waals surface area contributed by atoms with Crippen LogP contribution in [0.4, 0.5) is 0 Å². The minimum atomic E-state index is -0.961. The first-order chi connectivity index (χ1) is 11.8. The summed E-state index contributed by atoms with van der Waals surface area (Å²) < 4.78 is 0. The van der Waals surface area contributed by atoms with Crippen LogP contribution in [-0.2, 0) is 22.2 Å². The first-order valence-electron chi connectivity index (χ1n) is 7.97. The molecule has 0 saturated heterocycles. The Morgan fingerprint density at radius 2 is 1.37 bits per heavy atom. The summed E-state index contributed by atoms with van der Waals surface area (Å²) in [5.41, 5.74) is -0.705. The third kappa shape index (κ3) is 35.0. The molecular weight excluding hydrogens is 798 g/mol. The molecule has 0 aromatic carbocycles. The summed E-state index contributed by atoms with van der Waals surface area (Å²) >= 11 is 14.2. The van der Waals surface area contributed by atoms with E-state index in [1.165, 1.54) is 0 Å². The van der Waals surface area contributed by atoms with Crippen LogP contribution in [0.3, 0.4) is 0 Å². The van der Waals surface area contributed by atoms with Crippen LogP contribution in [0.2, 0.25) is 0 Å². The van der Waals surface area contributed by atoms with Gasteiger partial charge in [-0.15, -0.1) is 5.60 Å². The van der Waals surface area contributed by atoms with Gasteiger partial charge in [-0.25, -0.2) is 0 Å². The van der Waals surface area contributed by atoms with Crippen molar-refractivity contribution < 1.29 is 127 Å². The minimum absolute atomic E-state index is 0. The van der Waals surface area contributed by atoms with Gasteiger partial charge in [0.05, 0.1) is 6.42 Å². The molecule has 2 saturated carbocycles. The van der Waals surface area contributed by atoms with Crippen molar-refractivity contribution in [3.8, 4) is 0 Å². The van der Waals surface area contributed by atoms with Crippen molar-refractivity contribution in [1.29, 1.82) is 0 Å². The third-order valence-electron chi connectivity index (χ3n) is 3.60. The van der Waals surface area contributed by atoms with E-state index in [0.717, 1.165) is 31.4 Å². The van der Waals surface area contributed by atoms with E-state index in [4.69, 9.17) is 17.7 Å². The molecule has 0 aromatic heterocycles. The van der Waals surface area contributed by atoms with E-state index in [1.807, 2.05) is 0 Å². The Labute approximate surface area is 290 Å². The van der Waals surface area contributed by atoms with Crippen molar-refractivity contribution in [2.75, 3.05) is 11.5 Å². The number of halogens is 3. The van der Waals surface area contributed by atoms with Gasteiger partial charge in [-0.2, -0.15) is 18.4 Å². The fourth-order valence-corrected chi connectivity index (χ4v) is 2.56. The van der Waals surface area contributed by atoms with Gasteiger partial charge < -0.3 is 32.7 Å². The summed E-state index contributed by atoms with van der Waals surface area (Å²) in [6, 6.07) is 0. The second-order valence-electron chi connectivity index (χ2n) is 7.59. The third-order valence-corrected chi connectivity index (χ3v) is 4.88. The maximum Gasteiger partial charge on any atom is 1.00 e. The van der Waals surface area contributed by atoms with E-state index in [1.54, 1.807) is 20.8 Å². The first kappa shape index (κ1) is 47.9. The summed E-state index contributed by atoms with van der Waals surface area (Å²) in [5, 5.41) is 28.5. The van der Waals surface area contributed by atoms with E-state index in [2.05, 4.69) is 49.9 Å². The van der Waals surface area contributed by atoms with Gasteiger partial charge in [0.1, 0.15) is 0 Å². The summed E-state index contributed by atoms with van der Waals surface area (Å²) in [7, 11) is 0. The van der Waals surface area contributed by atoms with Crippen LogP contribution in [0.5, 0.6) is 0 Å². The van der Waals surface area contributed by atoms with E-state index < -0.39 is 17.5 Å². The molecule has 0 bridgehead atoms. The van der Waals surface area contributed by atoms with E-state index in [0.29, 0.717) is 25.4 Å². The van der Waals surface area contributed by atoms with Gasteiger partial charge in [-0.1, -0.05) is 28.2 Å². The molecule has 0 amide bonds. The molecule has 0 aromatic rings. The predicted molar refractivity (Wildman–Crippen MR) is 126 cm³/mol. The van der Waals surface area contributed by atoms with E-state index in [9.17, 15) is 19.8 Å². The monoisotopic (exact) mass is 829 g/mol. The largest absolute Gasteiger partial charge is 1.00 e. The standard InChI is InChI=1S/2C6H10O2S.C4H9O.CH4.I3.3Na/c2*7-5(8)3-6(4-9)1-2-6;1-4(2,3)5;;1-3-2;;;/h2*9H,1-4H2,(H,7,8);1-3H3;1H4;;;;/q;;-1;;-1;3*+1/p-2. The second kappa shape index (κ2) is 25.4. The summed E-state index contributed by atoms with van der Waals surface area (Å²) in [6.45, 7) is 4.90. The van der Waals surface area contributed by atoms with Crippen molar-refractivity contribution in [3.63, 3.8) is 0 Å². The molecule has 5 nitrogen and oxygen atoms in total. The van der Waals surface area contributed by atoms with Crippen LogP contribution in [-0.4, -0.2) is 34.2 Å². The molecule has 2 fully saturated rings. The molecule has 0 aliphatic heterocycles. The number of rotatable bonds is 6. The fourth-order valence-electron chi connectivity index (χ4n) is 1.74. The Bertz CT molecular complexity index is 399. The van der Waals surface area contributed by atoms with Crippen LogP contribution >= 0.6 is 49.9 Å². The number of carboxylic acid groups (broad SMARTS) is 2. The maximum atomic E-state index is 10.2. The summed E-state index contributed by atoms with van der Waals surface area (Å²) in [4.78, 5) is 20.2. The Hall–Kier alpha value is 4.79. The van der Waals surface area contributed by atoms with Gasteiger partial charge >= 0.3 is 145 Å². The second-order valence-corrected chi connectivity index (χ2v) is 24.4. The zero-order valence-corrected chi connectivity index (χ0v) is 32.4. The SMILES string of the molecule is C.CC(C)(C)[O-].I[I-]I.O=C(O)CC1(CS)CC1.O=C([O-])CC1(C[S-])CC1.[Na+].[Na+].[Na+]. The molecule has 166 valence electrons. The maximum absolute atomic E-state index is 10.2. The smallest absolute Gasteiger partial charge is 0.792 e. The molecule has 0 atom stereocenters. The Kier molecular flexibility index (Phi) is 40.6. The molecule has 0 heterocycles. The van der Waals surface area contributed by atoms with Crippen molar-refractivity contribution in [2.24, 2.45) is 10.8 Å². The average molecular weight is 829 g/mol. The van der Waals surface area contributed by atoms with E-state index >= 15 is 0 Å². The predicted octanol–water partition coefficient (Wildman–Crippen LogP) is -8.81. The van der Waals surface area contributed by atoms with Crippen molar-refractivity contribution in [3.05, 3.63) is 0 Å². The zero-order valence-electron chi connectivity index (χ0n) is 18.2. The quantitative estimate of drug-likeness (QED) is 0.120. The molecule has 1 N–H and O–H groups in total. The number of carbonyl (C=O) groups is 2. The molecule has 0 radical (unpaired) electrons. The van der Waals surface area contributed by atoms with Crippen molar-refractivity contribution in [2.45, 2.75) is 72.3 Å². The fraction of sp³-hybridized carbons (Fsp3) is 0.882. The number of aliphatic carboxylic acids is 2. The Morgan fingerprint density at radius 3 is 1.43 bits per heavy atom. The van der Waals surface area contributed by atoms with Crippen LogP contribution in [0.25, 0.3) is 0 Å². The first-order valence-corrected chi connectivity index (χ1v) is 21.7. The number of hydrogen-bond donors (Lipinski definition) is 2. The van der Waals surface area contributed by atoms with Gasteiger partial charge in [0.2, 0.25) is 0 Å². The van der Waals surface area contributed by atoms with Crippen LogP contribution < -0.4 is 112 Å². The molecule has 2 aliphatic carbocycles. The Balaban J connectivity index is -0.0000000655. The number of carbonyl (C=O) groups excluding carboxylic acids is 1.